The molecule has 2 aliphatic carbocycles. The molecule has 0 aliphatic heterocycles. The Morgan fingerprint density at radius 3 is 1.81 bits per heavy atom. The van der Waals surface area contributed by atoms with Crippen molar-refractivity contribution < 1.29 is 4.74 Å². The average Bonchev–Trinajstić information content (AvgIpc) is 2.55. The van der Waals surface area contributed by atoms with Crippen LogP contribution in [0.25, 0.3) is 0 Å². The molecule has 120 valence electrons. The predicted octanol–water partition coefficient (Wildman–Crippen LogP) is 5.77. The molecular weight excluding hydrogens is 256 g/mol. The predicted molar refractivity (Wildman–Crippen MR) is 91.3 cm³/mol. The van der Waals surface area contributed by atoms with Gasteiger partial charge in [0.05, 0.1) is 6.61 Å². The van der Waals surface area contributed by atoms with Gasteiger partial charge in [-0.2, -0.15) is 0 Å². The maximum atomic E-state index is 5.61. The highest BCUT2D eigenvalue weighted by molar-refractivity contribution is 4.84. The van der Waals surface area contributed by atoms with Crippen molar-refractivity contribution in [1.82, 2.24) is 0 Å². The van der Waals surface area contributed by atoms with E-state index < -0.39 is 0 Å². The summed E-state index contributed by atoms with van der Waals surface area (Å²) in [5, 5.41) is 0. The smallest absolute Gasteiger partial charge is 0.0644 e. The molecule has 0 amide bonds. The second-order valence-electron chi connectivity index (χ2n) is 7.31. The van der Waals surface area contributed by atoms with Crippen LogP contribution in [0, 0.1) is 23.7 Å². The molecule has 0 heterocycles. The summed E-state index contributed by atoms with van der Waals surface area (Å²) in [5.41, 5.74) is 0. The minimum atomic E-state index is 0.716. The van der Waals surface area contributed by atoms with E-state index in [1.54, 1.807) is 0 Å². The van der Waals surface area contributed by atoms with Gasteiger partial charge in [-0.25, -0.2) is 0 Å². The highest BCUT2D eigenvalue weighted by Crippen LogP contribution is 2.36. The van der Waals surface area contributed by atoms with Crippen LogP contribution in [-0.2, 0) is 4.74 Å². The van der Waals surface area contributed by atoms with Gasteiger partial charge in [0.1, 0.15) is 0 Å². The van der Waals surface area contributed by atoms with E-state index in [2.05, 4.69) is 19.2 Å². The van der Waals surface area contributed by atoms with E-state index in [-0.39, 0.29) is 0 Å². The lowest BCUT2D eigenvalue weighted by atomic mass is 9.76. The van der Waals surface area contributed by atoms with Crippen molar-refractivity contribution in [2.24, 2.45) is 23.7 Å². The summed E-state index contributed by atoms with van der Waals surface area (Å²) in [4.78, 5) is 0. The lowest BCUT2D eigenvalue weighted by molar-refractivity contribution is 0.0937. The molecule has 2 aliphatic rings. The van der Waals surface area contributed by atoms with Crippen molar-refractivity contribution >= 4 is 0 Å². The Morgan fingerprint density at radius 2 is 1.29 bits per heavy atom. The van der Waals surface area contributed by atoms with E-state index in [0.29, 0.717) is 6.61 Å². The fourth-order valence-electron chi connectivity index (χ4n) is 4.19. The van der Waals surface area contributed by atoms with E-state index in [1.807, 2.05) is 6.08 Å². The Balaban J connectivity index is 1.54. The number of ether oxygens (including phenoxy) is 1. The second-order valence-corrected chi connectivity index (χ2v) is 7.31. The van der Waals surface area contributed by atoms with Crippen molar-refractivity contribution in [1.29, 1.82) is 0 Å². The van der Waals surface area contributed by atoms with E-state index in [1.165, 1.54) is 64.2 Å². The molecule has 0 atom stereocenters. The molecule has 0 spiro atoms. The number of hydrogen-bond donors (Lipinski definition) is 0. The van der Waals surface area contributed by atoms with Crippen LogP contribution >= 0.6 is 0 Å². The first-order valence-electron chi connectivity index (χ1n) is 9.13. The second kappa shape index (κ2) is 9.46. The molecule has 0 aromatic rings. The lowest BCUT2D eigenvalue weighted by Crippen LogP contribution is -2.20. The van der Waals surface area contributed by atoms with Gasteiger partial charge in [0, 0.05) is 6.61 Å². The van der Waals surface area contributed by atoms with Crippen LogP contribution in [0.4, 0.5) is 0 Å². The summed E-state index contributed by atoms with van der Waals surface area (Å²) >= 11 is 0. The first kappa shape index (κ1) is 16.8. The Labute approximate surface area is 131 Å². The fourth-order valence-corrected chi connectivity index (χ4v) is 4.19. The Bertz CT molecular complexity index is 293. The van der Waals surface area contributed by atoms with Gasteiger partial charge < -0.3 is 4.74 Å². The monoisotopic (exact) mass is 290 g/mol. The van der Waals surface area contributed by atoms with E-state index in [9.17, 15) is 0 Å². The Kier molecular flexibility index (Phi) is 7.57. The van der Waals surface area contributed by atoms with Crippen molar-refractivity contribution in [3.05, 3.63) is 25.3 Å². The zero-order chi connectivity index (χ0) is 14.9. The molecule has 1 heteroatoms. The number of rotatable bonds is 8. The summed E-state index contributed by atoms with van der Waals surface area (Å²) < 4.78 is 5.61. The first-order valence-corrected chi connectivity index (χ1v) is 9.13. The zero-order valence-electron chi connectivity index (χ0n) is 13.8. The quantitative estimate of drug-likeness (QED) is 0.407. The van der Waals surface area contributed by atoms with Crippen LogP contribution in [0.5, 0.6) is 0 Å². The van der Waals surface area contributed by atoms with E-state index in [4.69, 9.17) is 4.74 Å². The van der Waals surface area contributed by atoms with Gasteiger partial charge in [0.15, 0.2) is 0 Å². The normalized spacial score (nSPS) is 33.5. The lowest BCUT2D eigenvalue weighted by Gasteiger charge is -2.31. The van der Waals surface area contributed by atoms with Crippen LogP contribution < -0.4 is 0 Å². The molecular formula is C20H34O. The maximum Gasteiger partial charge on any atom is 0.0644 e. The fraction of sp³-hybridized carbons (Fsp3) is 0.800. The molecule has 0 N–H and O–H groups in total. The van der Waals surface area contributed by atoms with Crippen molar-refractivity contribution in [3.63, 3.8) is 0 Å². The van der Waals surface area contributed by atoms with Gasteiger partial charge in [0.25, 0.3) is 0 Å². The minimum Gasteiger partial charge on any atom is -0.377 e. The van der Waals surface area contributed by atoms with Crippen LogP contribution in [0.15, 0.2) is 25.3 Å². The average molecular weight is 290 g/mol. The molecule has 0 unspecified atom stereocenters. The minimum absolute atomic E-state index is 0.716. The molecule has 2 rings (SSSR count). The summed E-state index contributed by atoms with van der Waals surface area (Å²) in [5.74, 6) is 3.63. The zero-order valence-corrected chi connectivity index (χ0v) is 13.8. The SMILES string of the molecule is C=CCOCC1CCC(CCC2CCC(C=C)CC2)CC1. The van der Waals surface area contributed by atoms with Gasteiger partial charge in [-0.15, -0.1) is 13.2 Å². The summed E-state index contributed by atoms with van der Waals surface area (Å²) in [6, 6.07) is 0. The summed E-state index contributed by atoms with van der Waals surface area (Å²) in [6.07, 6.45) is 18.3. The third kappa shape index (κ3) is 5.98. The highest BCUT2D eigenvalue weighted by atomic mass is 16.5. The Hall–Kier alpha value is -0.560. The third-order valence-electron chi connectivity index (χ3n) is 5.76. The van der Waals surface area contributed by atoms with E-state index in [0.717, 1.165) is 30.3 Å². The largest absolute Gasteiger partial charge is 0.377 e. The van der Waals surface area contributed by atoms with Crippen LogP contribution in [0.1, 0.15) is 64.2 Å². The highest BCUT2D eigenvalue weighted by Gasteiger charge is 2.24. The standard InChI is InChI=1S/C20H34O/c1-3-15-21-16-20-13-11-19(12-14-20)10-9-18-7-5-17(4-2)6-8-18/h3-4,17-20H,1-2,5-16H2. The van der Waals surface area contributed by atoms with Gasteiger partial charge in [-0.3, -0.25) is 0 Å². The van der Waals surface area contributed by atoms with Crippen LogP contribution in [-0.4, -0.2) is 13.2 Å². The van der Waals surface area contributed by atoms with Crippen LogP contribution in [0.2, 0.25) is 0 Å². The van der Waals surface area contributed by atoms with Gasteiger partial charge >= 0.3 is 0 Å². The molecule has 1 nitrogen and oxygen atoms in total. The molecule has 21 heavy (non-hydrogen) atoms. The molecule has 0 aromatic carbocycles. The van der Waals surface area contributed by atoms with Crippen molar-refractivity contribution in [2.75, 3.05) is 13.2 Å². The molecule has 0 radical (unpaired) electrons. The first-order chi connectivity index (χ1) is 10.3. The number of allylic oxidation sites excluding steroid dienone is 1. The molecule has 0 aromatic heterocycles. The number of hydrogen-bond acceptors (Lipinski definition) is 1. The molecule has 0 saturated heterocycles. The van der Waals surface area contributed by atoms with Crippen LogP contribution in [0.3, 0.4) is 0 Å². The molecule has 2 saturated carbocycles. The summed E-state index contributed by atoms with van der Waals surface area (Å²) in [7, 11) is 0. The van der Waals surface area contributed by atoms with Gasteiger partial charge in [-0.1, -0.05) is 37.8 Å². The molecule has 0 bridgehead atoms. The van der Waals surface area contributed by atoms with Crippen molar-refractivity contribution in [3.8, 4) is 0 Å². The van der Waals surface area contributed by atoms with Gasteiger partial charge in [-0.05, 0) is 62.2 Å². The Morgan fingerprint density at radius 1 is 0.762 bits per heavy atom. The van der Waals surface area contributed by atoms with Crippen molar-refractivity contribution in [2.45, 2.75) is 64.2 Å². The van der Waals surface area contributed by atoms with Gasteiger partial charge in [0.2, 0.25) is 0 Å². The van der Waals surface area contributed by atoms with E-state index >= 15 is 0 Å². The third-order valence-corrected chi connectivity index (χ3v) is 5.76. The summed E-state index contributed by atoms with van der Waals surface area (Å²) in [6.45, 7) is 9.31. The topological polar surface area (TPSA) is 9.23 Å². The molecule has 2 fully saturated rings. The maximum absolute atomic E-state index is 5.61.